The van der Waals surface area contributed by atoms with Gasteiger partial charge in [-0.25, -0.2) is 4.79 Å². The van der Waals surface area contributed by atoms with Gasteiger partial charge in [-0.05, 0) is 65.1 Å². The number of aromatic carboxylic acids is 1. The molecule has 0 heterocycles. The fourth-order valence-corrected chi connectivity index (χ4v) is 3.69. The van der Waals surface area contributed by atoms with E-state index in [1.54, 1.807) is 12.1 Å². The number of carbonyl (C=O) groups excluding carboxylic acids is 1. The molecular weight excluding hydrogens is 340 g/mol. The van der Waals surface area contributed by atoms with Gasteiger partial charge in [0.1, 0.15) is 5.75 Å². The Morgan fingerprint density at radius 3 is 2.04 bits per heavy atom. The summed E-state index contributed by atoms with van der Waals surface area (Å²) in [5.41, 5.74) is 3.58. The fraction of sp³-hybridized carbons (Fsp3) is 0.391. The van der Waals surface area contributed by atoms with E-state index in [9.17, 15) is 9.59 Å². The van der Waals surface area contributed by atoms with Crippen molar-refractivity contribution in [2.75, 3.05) is 6.61 Å². The molecule has 27 heavy (non-hydrogen) atoms. The first-order valence-electron chi connectivity index (χ1n) is 9.24. The Labute approximate surface area is 160 Å². The summed E-state index contributed by atoms with van der Waals surface area (Å²) < 4.78 is 5.55. The van der Waals surface area contributed by atoms with E-state index in [0.717, 1.165) is 12.8 Å². The van der Waals surface area contributed by atoms with Crippen molar-refractivity contribution in [3.8, 4) is 5.75 Å². The van der Waals surface area contributed by atoms with Gasteiger partial charge in [0.15, 0.2) is 12.4 Å². The number of rotatable bonds is 5. The molecule has 1 aliphatic rings. The van der Waals surface area contributed by atoms with E-state index in [2.05, 4.69) is 33.8 Å². The summed E-state index contributed by atoms with van der Waals surface area (Å²) in [4.78, 5) is 23.5. The molecule has 0 aliphatic heterocycles. The SMILES string of the molecule is CC1(C)CCC(C)(C)c2cc(C(=O)COc3ccc(C(=O)O)cc3)ccc21. The monoisotopic (exact) mass is 366 g/mol. The third-order valence-electron chi connectivity index (χ3n) is 5.65. The largest absolute Gasteiger partial charge is 0.485 e. The molecule has 0 spiro atoms. The van der Waals surface area contributed by atoms with Crippen LogP contribution in [0.2, 0.25) is 0 Å². The lowest BCUT2D eigenvalue weighted by molar-refractivity contribution is 0.0696. The van der Waals surface area contributed by atoms with Crippen LogP contribution in [0.4, 0.5) is 0 Å². The number of carboxylic acid groups (broad SMARTS) is 1. The van der Waals surface area contributed by atoms with Crippen molar-refractivity contribution in [3.05, 3.63) is 64.7 Å². The normalized spacial score (nSPS) is 17.0. The van der Waals surface area contributed by atoms with Crippen molar-refractivity contribution in [1.82, 2.24) is 0 Å². The number of hydrogen-bond donors (Lipinski definition) is 1. The minimum absolute atomic E-state index is 0.0503. The highest BCUT2D eigenvalue weighted by atomic mass is 16.5. The second kappa shape index (κ2) is 6.84. The average Bonchev–Trinajstić information content (AvgIpc) is 2.63. The van der Waals surface area contributed by atoms with Crippen molar-refractivity contribution in [2.45, 2.75) is 51.4 Å². The predicted molar refractivity (Wildman–Crippen MR) is 105 cm³/mol. The number of hydrogen-bond acceptors (Lipinski definition) is 3. The summed E-state index contributed by atoms with van der Waals surface area (Å²) >= 11 is 0. The Morgan fingerprint density at radius 1 is 0.889 bits per heavy atom. The maximum Gasteiger partial charge on any atom is 0.335 e. The van der Waals surface area contributed by atoms with Crippen LogP contribution < -0.4 is 4.74 Å². The molecule has 0 radical (unpaired) electrons. The summed E-state index contributed by atoms with van der Waals surface area (Å²) in [5.74, 6) is -0.593. The number of benzene rings is 2. The zero-order valence-electron chi connectivity index (χ0n) is 16.3. The molecule has 4 nitrogen and oxygen atoms in total. The molecule has 0 fully saturated rings. The van der Waals surface area contributed by atoms with Crippen LogP contribution in [0, 0.1) is 0 Å². The third kappa shape index (κ3) is 3.90. The standard InChI is InChI=1S/C23H26O4/c1-22(2)11-12-23(3,4)19-13-16(7-10-18(19)22)20(24)14-27-17-8-5-15(6-9-17)21(25)26/h5-10,13H,11-12,14H2,1-4H3,(H,25,26). The van der Waals surface area contributed by atoms with Crippen LogP contribution in [0.25, 0.3) is 0 Å². The molecule has 0 saturated heterocycles. The predicted octanol–water partition coefficient (Wildman–Crippen LogP) is 5.00. The molecule has 2 aromatic rings. The second-order valence-electron chi connectivity index (χ2n) is 8.57. The summed E-state index contributed by atoms with van der Waals surface area (Å²) in [6.45, 7) is 8.90. The Morgan fingerprint density at radius 2 is 1.44 bits per heavy atom. The van der Waals surface area contributed by atoms with Crippen LogP contribution in [-0.2, 0) is 10.8 Å². The van der Waals surface area contributed by atoms with Crippen molar-refractivity contribution in [1.29, 1.82) is 0 Å². The van der Waals surface area contributed by atoms with E-state index >= 15 is 0 Å². The van der Waals surface area contributed by atoms with Crippen LogP contribution >= 0.6 is 0 Å². The minimum atomic E-state index is -0.989. The molecule has 1 N–H and O–H groups in total. The molecular formula is C23H26O4. The molecule has 0 atom stereocenters. The third-order valence-corrected chi connectivity index (χ3v) is 5.65. The number of Topliss-reactive ketones (excluding diaryl/α,β-unsaturated/α-hetero) is 1. The van der Waals surface area contributed by atoms with Gasteiger partial charge in [0.25, 0.3) is 0 Å². The van der Waals surface area contributed by atoms with Gasteiger partial charge in [0, 0.05) is 5.56 Å². The van der Waals surface area contributed by atoms with Crippen molar-refractivity contribution in [3.63, 3.8) is 0 Å². The van der Waals surface area contributed by atoms with Crippen LogP contribution in [-0.4, -0.2) is 23.5 Å². The molecule has 3 rings (SSSR count). The highest BCUT2D eigenvalue weighted by Crippen LogP contribution is 2.45. The minimum Gasteiger partial charge on any atom is -0.485 e. The van der Waals surface area contributed by atoms with E-state index in [1.807, 2.05) is 12.1 Å². The van der Waals surface area contributed by atoms with Crippen molar-refractivity contribution < 1.29 is 19.4 Å². The maximum atomic E-state index is 12.6. The van der Waals surface area contributed by atoms with Gasteiger partial charge in [-0.3, -0.25) is 4.79 Å². The Kier molecular flexibility index (Phi) is 4.85. The number of ketones is 1. The van der Waals surface area contributed by atoms with Crippen LogP contribution in [0.1, 0.15) is 72.4 Å². The molecule has 4 heteroatoms. The highest BCUT2D eigenvalue weighted by Gasteiger charge is 2.37. The van der Waals surface area contributed by atoms with Gasteiger partial charge in [-0.15, -0.1) is 0 Å². The number of carbonyl (C=O) groups is 2. The summed E-state index contributed by atoms with van der Waals surface area (Å²) in [5, 5.41) is 8.92. The molecule has 0 bridgehead atoms. The lowest BCUT2D eigenvalue weighted by Gasteiger charge is -2.42. The fourth-order valence-electron chi connectivity index (χ4n) is 3.69. The lowest BCUT2D eigenvalue weighted by atomic mass is 9.63. The summed E-state index contributed by atoms with van der Waals surface area (Å²) in [7, 11) is 0. The molecule has 0 saturated carbocycles. The van der Waals surface area contributed by atoms with E-state index in [-0.39, 0.29) is 28.8 Å². The van der Waals surface area contributed by atoms with E-state index in [0.29, 0.717) is 11.3 Å². The Hall–Kier alpha value is -2.62. The first kappa shape index (κ1) is 19.2. The smallest absolute Gasteiger partial charge is 0.335 e. The van der Waals surface area contributed by atoms with Crippen LogP contribution in [0.15, 0.2) is 42.5 Å². The molecule has 2 aromatic carbocycles. The Bertz CT molecular complexity index is 876. The number of carboxylic acids is 1. The zero-order valence-corrected chi connectivity index (χ0v) is 16.3. The molecule has 0 amide bonds. The number of fused-ring (bicyclic) bond motifs is 1. The van der Waals surface area contributed by atoms with Gasteiger partial charge in [-0.2, -0.15) is 0 Å². The van der Waals surface area contributed by atoms with Gasteiger partial charge in [0.05, 0.1) is 5.56 Å². The van der Waals surface area contributed by atoms with Crippen molar-refractivity contribution >= 4 is 11.8 Å². The zero-order chi connectivity index (χ0) is 19.8. The van der Waals surface area contributed by atoms with E-state index in [4.69, 9.17) is 9.84 Å². The second-order valence-corrected chi connectivity index (χ2v) is 8.57. The molecule has 0 aromatic heterocycles. The summed E-state index contributed by atoms with van der Waals surface area (Å²) in [6, 6.07) is 12.1. The summed E-state index contributed by atoms with van der Waals surface area (Å²) in [6.07, 6.45) is 2.23. The van der Waals surface area contributed by atoms with E-state index in [1.165, 1.54) is 23.3 Å². The van der Waals surface area contributed by atoms with Crippen LogP contribution in [0.5, 0.6) is 5.75 Å². The highest BCUT2D eigenvalue weighted by molar-refractivity contribution is 5.97. The van der Waals surface area contributed by atoms with Crippen LogP contribution in [0.3, 0.4) is 0 Å². The number of ether oxygens (including phenoxy) is 1. The van der Waals surface area contributed by atoms with Gasteiger partial charge in [0.2, 0.25) is 0 Å². The lowest BCUT2D eigenvalue weighted by Crippen LogP contribution is -2.34. The van der Waals surface area contributed by atoms with E-state index < -0.39 is 5.97 Å². The first-order chi connectivity index (χ1) is 12.6. The maximum absolute atomic E-state index is 12.6. The van der Waals surface area contributed by atoms with Gasteiger partial charge < -0.3 is 9.84 Å². The first-order valence-corrected chi connectivity index (χ1v) is 9.24. The quantitative estimate of drug-likeness (QED) is 0.757. The average molecular weight is 366 g/mol. The van der Waals surface area contributed by atoms with Gasteiger partial charge in [-0.1, -0.05) is 39.8 Å². The van der Waals surface area contributed by atoms with Gasteiger partial charge >= 0.3 is 5.97 Å². The topological polar surface area (TPSA) is 63.6 Å². The molecule has 1 aliphatic carbocycles. The molecule has 0 unspecified atom stereocenters. The molecule has 142 valence electrons. The Balaban J connectivity index is 1.77. The van der Waals surface area contributed by atoms with Crippen molar-refractivity contribution in [2.24, 2.45) is 0 Å².